The van der Waals surface area contributed by atoms with Gasteiger partial charge in [0.25, 0.3) is 5.69 Å². The van der Waals surface area contributed by atoms with E-state index in [2.05, 4.69) is 5.32 Å². The van der Waals surface area contributed by atoms with Crippen molar-refractivity contribution in [1.82, 2.24) is 9.88 Å². The second kappa shape index (κ2) is 5.21. The van der Waals surface area contributed by atoms with Gasteiger partial charge >= 0.3 is 5.76 Å². The maximum absolute atomic E-state index is 11.7. The number of likely N-dealkylation sites (N-methyl/N-ethyl adjacent to an activating group) is 1. The smallest absolute Gasteiger partial charge is 0.408 e. The second-order valence-electron chi connectivity index (χ2n) is 4.10. The van der Waals surface area contributed by atoms with Crippen LogP contribution in [0.25, 0.3) is 11.1 Å². The molecule has 0 spiro atoms. The number of nitro benzene ring substituents is 1. The van der Waals surface area contributed by atoms with Crippen LogP contribution in [-0.4, -0.2) is 34.3 Å². The number of nitrogens with one attached hydrogen (secondary N) is 1. The number of oxazole rings is 1. The van der Waals surface area contributed by atoms with Crippen LogP contribution >= 0.6 is 0 Å². The molecule has 1 unspecified atom stereocenters. The summed E-state index contributed by atoms with van der Waals surface area (Å²) < 4.78 is 6.15. The molecule has 0 bridgehead atoms. The maximum Gasteiger partial charge on any atom is 0.420 e. The molecule has 0 fully saturated rings. The van der Waals surface area contributed by atoms with Gasteiger partial charge in [0.2, 0.25) is 0 Å². The molecule has 2 aromatic rings. The highest BCUT2D eigenvalue weighted by molar-refractivity contribution is 5.75. The SMILES string of the molecule is CNCC(O)Cn1c(=O)oc2ccc([N+](=O)[O-])cc21. The fourth-order valence-electron chi connectivity index (χ4n) is 1.85. The van der Waals surface area contributed by atoms with Crippen molar-refractivity contribution in [3.63, 3.8) is 0 Å². The minimum Gasteiger partial charge on any atom is -0.408 e. The molecule has 0 amide bonds. The number of aromatic nitrogens is 1. The third-order valence-electron chi connectivity index (χ3n) is 2.69. The van der Waals surface area contributed by atoms with Gasteiger partial charge in [-0.15, -0.1) is 0 Å². The van der Waals surface area contributed by atoms with Crippen molar-refractivity contribution in [2.75, 3.05) is 13.6 Å². The van der Waals surface area contributed by atoms with E-state index in [9.17, 15) is 20.0 Å². The van der Waals surface area contributed by atoms with Crippen molar-refractivity contribution in [2.45, 2.75) is 12.6 Å². The van der Waals surface area contributed by atoms with Crippen molar-refractivity contribution in [3.8, 4) is 0 Å². The summed E-state index contributed by atoms with van der Waals surface area (Å²) in [6, 6.07) is 3.89. The van der Waals surface area contributed by atoms with Crippen LogP contribution in [0.3, 0.4) is 0 Å². The highest BCUT2D eigenvalue weighted by atomic mass is 16.6. The highest BCUT2D eigenvalue weighted by Crippen LogP contribution is 2.20. The van der Waals surface area contributed by atoms with Gasteiger partial charge in [0, 0.05) is 18.7 Å². The summed E-state index contributed by atoms with van der Waals surface area (Å²) in [5.74, 6) is -0.648. The topological polar surface area (TPSA) is 111 Å². The lowest BCUT2D eigenvalue weighted by Gasteiger charge is -2.09. The van der Waals surface area contributed by atoms with Gasteiger partial charge in [0.15, 0.2) is 5.58 Å². The third kappa shape index (κ3) is 2.64. The van der Waals surface area contributed by atoms with Crippen molar-refractivity contribution in [2.24, 2.45) is 0 Å². The zero-order valence-electron chi connectivity index (χ0n) is 10.2. The molecule has 8 heteroatoms. The molecule has 1 aromatic heterocycles. The van der Waals surface area contributed by atoms with E-state index in [-0.39, 0.29) is 17.8 Å². The van der Waals surface area contributed by atoms with Gasteiger partial charge in [-0.1, -0.05) is 0 Å². The first kappa shape index (κ1) is 13.2. The largest absolute Gasteiger partial charge is 0.420 e. The molecule has 1 heterocycles. The number of benzene rings is 1. The normalized spacial score (nSPS) is 12.7. The second-order valence-corrected chi connectivity index (χ2v) is 4.10. The Morgan fingerprint density at radius 3 is 2.95 bits per heavy atom. The van der Waals surface area contributed by atoms with Crippen LogP contribution in [0.5, 0.6) is 0 Å². The van der Waals surface area contributed by atoms with Crippen LogP contribution in [0.15, 0.2) is 27.4 Å². The van der Waals surface area contributed by atoms with Crippen molar-refractivity contribution in [3.05, 3.63) is 38.9 Å². The molecule has 0 radical (unpaired) electrons. The number of aliphatic hydroxyl groups excluding tert-OH is 1. The Morgan fingerprint density at radius 2 is 2.32 bits per heavy atom. The van der Waals surface area contributed by atoms with Gasteiger partial charge < -0.3 is 14.8 Å². The summed E-state index contributed by atoms with van der Waals surface area (Å²) in [7, 11) is 1.67. The Morgan fingerprint density at radius 1 is 1.58 bits per heavy atom. The average Bonchev–Trinajstić information content (AvgIpc) is 2.65. The predicted octanol–water partition coefficient (Wildman–Crippen LogP) is 0.0830. The minimum absolute atomic E-state index is 0.00778. The van der Waals surface area contributed by atoms with Crippen molar-refractivity contribution < 1.29 is 14.4 Å². The molecule has 102 valence electrons. The fraction of sp³-hybridized carbons (Fsp3) is 0.364. The first-order valence-corrected chi connectivity index (χ1v) is 5.63. The Bertz CT molecular complexity index is 660. The maximum atomic E-state index is 11.7. The number of nitrogens with zero attached hydrogens (tertiary/aromatic N) is 2. The van der Waals surface area contributed by atoms with E-state index in [0.29, 0.717) is 12.1 Å². The van der Waals surface area contributed by atoms with E-state index in [1.807, 2.05) is 0 Å². The van der Waals surface area contributed by atoms with E-state index < -0.39 is 16.8 Å². The quantitative estimate of drug-likeness (QED) is 0.586. The minimum atomic E-state index is -0.789. The Hall–Kier alpha value is -2.19. The highest BCUT2D eigenvalue weighted by Gasteiger charge is 2.16. The summed E-state index contributed by atoms with van der Waals surface area (Å²) in [5.41, 5.74) is 0.423. The Labute approximate surface area is 107 Å². The van der Waals surface area contributed by atoms with Crippen LogP contribution in [0.2, 0.25) is 0 Å². The van der Waals surface area contributed by atoms with Gasteiger partial charge in [-0.3, -0.25) is 14.7 Å². The number of fused-ring (bicyclic) bond motifs is 1. The molecule has 8 nitrogen and oxygen atoms in total. The van der Waals surface area contributed by atoms with E-state index >= 15 is 0 Å². The zero-order valence-corrected chi connectivity index (χ0v) is 10.2. The van der Waals surface area contributed by atoms with Crippen LogP contribution < -0.4 is 11.1 Å². The van der Waals surface area contributed by atoms with E-state index in [4.69, 9.17) is 4.42 Å². The van der Waals surface area contributed by atoms with Crippen LogP contribution in [0.1, 0.15) is 0 Å². The van der Waals surface area contributed by atoms with Crippen LogP contribution in [0, 0.1) is 10.1 Å². The van der Waals surface area contributed by atoms with Gasteiger partial charge in [-0.05, 0) is 13.1 Å². The van der Waals surface area contributed by atoms with E-state index in [1.54, 1.807) is 7.05 Å². The predicted molar refractivity (Wildman–Crippen MR) is 67.1 cm³/mol. The summed E-state index contributed by atoms with van der Waals surface area (Å²) >= 11 is 0. The number of non-ortho nitro benzene ring substituents is 1. The van der Waals surface area contributed by atoms with E-state index in [0.717, 1.165) is 0 Å². The van der Waals surface area contributed by atoms with Gasteiger partial charge in [0.1, 0.15) is 0 Å². The monoisotopic (exact) mass is 267 g/mol. The molecule has 1 aromatic carbocycles. The summed E-state index contributed by atoms with van der Waals surface area (Å²) in [5, 5.41) is 23.2. The molecule has 19 heavy (non-hydrogen) atoms. The average molecular weight is 267 g/mol. The fourth-order valence-corrected chi connectivity index (χ4v) is 1.85. The van der Waals surface area contributed by atoms with Gasteiger partial charge in [-0.25, -0.2) is 4.79 Å². The molecule has 0 aliphatic carbocycles. The molecule has 2 N–H and O–H groups in total. The van der Waals surface area contributed by atoms with Crippen LogP contribution in [-0.2, 0) is 6.54 Å². The lowest BCUT2D eigenvalue weighted by molar-refractivity contribution is -0.384. The summed E-state index contributed by atoms with van der Waals surface area (Å²) in [6.07, 6.45) is -0.789. The molecule has 0 aliphatic rings. The molecule has 0 saturated heterocycles. The summed E-state index contributed by atoms with van der Waals surface area (Å²) in [4.78, 5) is 21.8. The number of nitro groups is 1. The van der Waals surface area contributed by atoms with Crippen molar-refractivity contribution in [1.29, 1.82) is 0 Å². The first-order valence-electron chi connectivity index (χ1n) is 5.63. The molecule has 1 atom stereocenters. The van der Waals surface area contributed by atoms with Crippen LogP contribution in [0.4, 0.5) is 5.69 Å². The van der Waals surface area contributed by atoms with Gasteiger partial charge in [0.05, 0.1) is 23.1 Å². The third-order valence-corrected chi connectivity index (χ3v) is 2.69. The van der Waals surface area contributed by atoms with Crippen molar-refractivity contribution >= 4 is 16.8 Å². The number of hydrogen-bond acceptors (Lipinski definition) is 6. The molecule has 0 saturated carbocycles. The standard InChI is InChI=1S/C11H13N3O5/c1-12-5-8(15)6-13-9-4-7(14(17)18)2-3-10(9)19-11(13)16/h2-4,8,12,15H,5-6H2,1H3. The number of hydrogen-bond donors (Lipinski definition) is 2. The zero-order chi connectivity index (χ0) is 14.0. The first-order chi connectivity index (χ1) is 9.02. The molecular weight excluding hydrogens is 254 g/mol. The Balaban J connectivity index is 2.46. The Kier molecular flexibility index (Phi) is 3.63. The number of rotatable bonds is 5. The molecule has 0 aliphatic heterocycles. The molecular formula is C11H13N3O5. The lowest BCUT2D eigenvalue weighted by Crippen LogP contribution is -2.31. The molecule has 2 rings (SSSR count). The lowest BCUT2D eigenvalue weighted by atomic mass is 10.2. The summed E-state index contributed by atoms with van der Waals surface area (Å²) in [6.45, 7) is 0.307. The number of aliphatic hydroxyl groups is 1. The van der Waals surface area contributed by atoms with E-state index in [1.165, 1.54) is 22.8 Å². The van der Waals surface area contributed by atoms with Gasteiger partial charge in [-0.2, -0.15) is 0 Å².